The molecule has 9 nitrogen and oxygen atoms in total. The maximum Gasteiger partial charge on any atom is 0.230 e. The number of hydrogen-bond donors (Lipinski definition) is 2. The second-order valence-corrected chi connectivity index (χ2v) is 8.49. The van der Waals surface area contributed by atoms with E-state index in [1.807, 2.05) is 21.0 Å². The molecule has 0 aliphatic rings. The zero-order valence-corrected chi connectivity index (χ0v) is 16.7. The average Bonchev–Trinajstić information content (AvgIpc) is 3.03. The van der Waals surface area contributed by atoms with Gasteiger partial charge in [0.15, 0.2) is 8.68 Å². The summed E-state index contributed by atoms with van der Waals surface area (Å²) in [5, 5.41) is 11.0. The Morgan fingerprint density at radius 3 is 2.60 bits per heavy atom. The zero-order chi connectivity index (χ0) is 18.2. The summed E-state index contributed by atoms with van der Waals surface area (Å²) in [6.45, 7) is 2.71. The summed E-state index contributed by atoms with van der Waals surface area (Å²) in [5.41, 5.74) is 5.71. The number of hydrogen-bond acceptors (Lipinski definition) is 11. The Morgan fingerprint density at radius 2 is 1.92 bits per heavy atom. The Hall–Kier alpha value is -1.66. The number of thioether (sulfide) groups is 2. The van der Waals surface area contributed by atoms with Crippen LogP contribution in [0.2, 0.25) is 0 Å². The van der Waals surface area contributed by atoms with Crippen molar-refractivity contribution in [2.24, 2.45) is 0 Å². The van der Waals surface area contributed by atoms with E-state index in [1.165, 1.54) is 34.9 Å². The summed E-state index contributed by atoms with van der Waals surface area (Å²) in [6.07, 6.45) is 0.924. The Labute approximate surface area is 158 Å². The monoisotopic (exact) mass is 400 g/mol. The molecule has 3 N–H and O–H groups in total. The quantitative estimate of drug-likeness (QED) is 0.595. The van der Waals surface area contributed by atoms with Crippen LogP contribution in [0.5, 0.6) is 0 Å². The second kappa shape index (κ2) is 9.73. The Morgan fingerprint density at radius 1 is 1.20 bits per heavy atom. The van der Waals surface area contributed by atoms with Crippen LogP contribution < -0.4 is 16.0 Å². The molecular formula is C13H20N8OS3. The molecule has 2 heterocycles. The smallest absolute Gasteiger partial charge is 0.230 e. The number of nitrogens with one attached hydrogen (secondary N) is 1. The number of nitrogens with zero attached hydrogens (tertiary/aromatic N) is 6. The topological polar surface area (TPSA) is 123 Å². The molecule has 0 aliphatic carbocycles. The number of aromatic nitrogens is 5. The van der Waals surface area contributed by atoms with Crippen molar-refractivity contribution in [1.82, 2.24) is 30.5 Å². The number of amides is 1. The molecule has 0 aromatic carbocycles. The highest BCUT2D eigenvalue weighted by molar-refractivity contribution is 8.03. The van der Waals surface area contributed by atoms with Crippen LogP contribution in [0.3, 0.4) is 0 Å². The maximum atomic E-state index is 11.6. The van der Waals surface area contributed by atoms with Gasteiger partial charge >= 0.3 is 0 Å². The van der Waals surface area contributed by atoms with Crippen LogP contribution in [0.25, 0.3) is 0 Å². The van der Waals surface area contributed by atoms with Crippen molar-refractivity contribution in [3.8, 4) is 0 Å². The highest BCUT2D eigenvalue weighted by atomic mass is 32.2. The number of carbonyl (C=O) groups is 1. The molecule has 0 radical (unpaired) electrons. The third-order valence-electron chi connectivity index (χ3n) is 2.70. The molecule has 0 fully saturated rings. The van der Waals surface area contributed by atoms with Crippen molar-refractivity contribution >= 4 is 52.7 Å². The lowest BCUT2D eigenvalue weighted by atomic mass is 10.5. The van der Waals surface area contributed by atoms with Gasteiger partial charge in [-0.3, -0.25) is 4.79 Å². The minimum absolute atomic E-state index is 0.00753. The molecule has 0 saturated carbocycles. The van der Waals surface area contributed by atoms with E-state index in [1.54, 1.807) is 4.90 Å². The van der Waals surface area contributed by atoms with Gasteiger partial charge in [-0.15, -0.1) is 10.2 Å². The third-order valence-corrected chi connectivity index (χ3v) is 5.88. The number of carbonyl (C=O) groups excluding carboxylic acids is 1. The van der Waals surface area contributed by atoms with Crippen LogP contribution >= 0.6 is 34.9 Å². The number of anilines is 2. The Kier molecular flexibility index (Phi) is 7.65. The average molecular weight is 401 g/mol. The van der Waals surface area contributed by atoms with Gasteiger partial charge in [0.05, 0.1) is 11.5 Å². The molecule has 2 aromatic rings. The Bertz CT molecular complexity index is 708. The summed E-state index contributed by atoms with van der Waals surface area (Å²) in [7, 11) is 3.69. The maximum absolute atomic E-state index is 11.6. The summed E-state index contributed by atoms with van der Waals surface area (Å²) in [6, 6.07) is 0. The van der Waals surface area contributed by atoms with Gasteiger partial charge in [0, 0.05) is 20.6 Å². The minimum Gasteiger partial charge on any atom is -0.368 e. The van der Waals surface area contributed by atoms with E-state index in [4.69, 9.17) is 5.73 Å². The summed E-state index contributed by atoms with van der Waals surface area (Å²) < 4.78 is 1.56. The SMILES string of the molecule is CCCNC(=O)CSc1nnc(SCc2nc(N)nc(N(C)C)n2)s1. The Balaban J connectivity index is 1.86. The molecule has 0 bridgehead atoms. The summed E-state index contributed by atoms with van der Waals surface area (Å²) >= 11 is 4.30. The molecule has 2 rings (SSSR count). The first kappa shape index (κ1) is 19.7. The van der Waals surface area contributed by atoms with Gasteiger partial charge in [0.1, 0.15) is 5.82 Å². The van der Waals surface area contributed by atoms with Crippen LogP contribution in [-0.2, 0) is 10.5 Å². The molecule has 1 amide bonds. The van der Waals surface area contributed by atoms with Gasteiger partial charge in [-0.2, -0.15) is 15.0 Å². The first-order valence-corrected chi connectivity index (χ1v) is 10.3. The van der Waals surface area contributed by atoms with E-state index in [2.05, 4.69) is 30.5 Å². The third kappa shape index (κ3) is 6.63. The number of nitrogen functional groups attached to an aromatic ring is 1. The molecular weight excluding hydrogens is 380 g/mol. The van der Waals surface area contributed by atoms with Crippen molar-refractivity contribution in [2.75, 3.05) is 37.0 Å². The van der Waals surface area contributed by atoms with Crippen LogP contribution in [0.15, 0.2) is 8.68 Å². The van der Waals surface area contributed by atoms with E-state index in [9.17, 15) is 4.79 Å². The van der Waals surface area contributed by atoms with E-state index >= 15 is 0 Å². The molecule has 0 atom stereocenters. The van der Waals surface area contributed by atoms with Crippen molar-refractivity contribution in [2.45, 2.75) is 27.8 Å². The van der Waals surface area contributed by atoms with Gasteiger partial charge in [-0.05, 0) is 6.42 Å². The molecule has 0 saturated heterocycles. The van der Waals surface area contributed by atoms with Crippen LogP contribution in [-0.4, -0.2) is 57.4 Å². The largest absolute Gasteiger partial charge is 0.368 e. The van der Waals surface area contributed by atoms with Gasteiger partial charge in [-0.25, -0.2) is 0 Å². The fraction of sp³-hybridized carbons (Fsp3) is 0.538. The van der Waals surface area contributed by atoms with Crippen LogP contribution in [0.1, 0.15) is 19.2 Å². The number of nitrogens with two attached hydrogens (primary N) is 1. The molecule has 2 aromatic heterocycles. The second-order valence-electron chi connectivity index (χ2n) is 5.07. The molecule has 0 aliphatic heterocycles. The van der Waals surface area contributed by atoms with E-state index in [0.29, 0.717) is 29.8 Å². The standard InChI is InChI=1S/C13H20N8OS3/c1-4-5-15-9(22)7-24-13-20-19-12(25-13)23-6-8-16-10(14)18-11(17-8)21(2)3/h4-7H2,1-3H3,(H,15,22)(H2,14,16,17,18). The summed E-state index contributed by atoms with van der Waals surface area (Å²) in [5.74, 6) is 2.17. The van der Waals surface area contributed by atoms with Crippen molar-refractivity contribution in [3.63, 3.8) is 0 Å². The normalized spacial score (nSPS) is 10.7. The van der Waals surface area contributed by atoms with Crippen molar-refractivity contribution in [3.05, 3.63) is 5.82 Å². The van der Waals surface area contributed by atoms with Gasteiger partial charge in [0.2, 0.25) is 17.8 Å². The molecule has 136 valence electrons. The van der Waals surface area contributed by atoms with Gasteiger partial charge < -0.3 is 16.0 Å². The summed E-state index contributed by atoms with van der Waals surface area (Å²) in [4.78, 5) is 25.9. The fourth-order valence-corrected chi connectivity index (χ4v) is 4.28. The lowest BCUT2D eigenvalue weighted by Gasteiger charge is -2.10. The van der Waals surface area contributed by atoms with Gasteiger partial charge in [0.25, 0.3) is 0 Å². The van der Waals surface area contributed by atoms with Crippen molar-refractivity contribution < 1.29 is 4.79 Å². The minimum atomic E-state index is 0.00753. The first-order valence-electron chi connectivity index (χ1n) is 7.51. The van der Waals surface area contributed by atoms with Crippen molar-refractivity contribution in [1.29, 1.82) is 0 Å². The molecule has 0 spiro atoms. The van der Waals surface area contributed by atoms with E-state index in [0.717, 1.165) is 15.1 Å². The lowest BCUT2D eigenvalue weighted by Crippen LogP contribution is -2.25. The lowest BCUT2D eigenvalue weighted by molar-refractivity contribution is -0.118. The zero-order valence-electron chi connectivity index (χ0n) is 14.2. The van der Waals surface area contributed by atoms with Crippen LogP contribution in [0, 0.1) is 0 Å². The predicted molar refractivity (Wildman–Crippen MR) is 102 cm³/mol. The van der Waals surface area contributed by atoms with Crippen LogP contribution in [0.4, 0.5) is 11.9 Å². The van der Waals surface area contributed by atoms with E-state index in [-0.39, 0.29) is 11.9 Å². The highest BCUT2D eigenvalue weighted by Crippen LogP contribution is 2.30. The highest BCUT2D eigenvalue weighted by Gasteiger charge is 2.11. The predicted octanol–water partition coefficient (Wildman–Crippen LogP) is 1.28. The van der Waals surface area contributed by atoms with E-state index < -0.39 is 0 Å². The molecule has 25 heavy (non-hydrogen) atoms. The molecule has 12 heteroatoms. The molecule has 0 unspecified atom stereocenters. The first-order chi connectivity index (χ1) is 12.0. The number of rotatable bonds is 9. The van der Waals surface area contributed by atoms with Gasteiger partial charge in [-0.1, -0.05) is 41.8 Å². The fourth-order valence-electron chi connectivity index (χ4n) is 1.57.